The summed E-state index contributed by atoms with van der Waals surface area (Å²) in [6, 6.07) is 2.22. The molecule has 0 bridgehead atoms. The van der Waals surface area contributed by atoms with Crippen molar-refractivity contribution in [2.45, 2.75) is 47.5 Å². The topological polar surface area (TPSA) is 0 Å². The lowest BCUT2D eigenvalue weighted by molar-refractivity contribution is 0.340. The lowest BCUT2D eigenvalue weighted by atomic mass is 9.79. The molecule has 76 valence electrons. The van der Waals surface area contributed by atoms with Crippen molar-refractivity contribution >= 4 is 11.3 Å². The third-order valence-electron chi connectivity index (χ3n) is 2.34. The van der Waals surface area contributed by atoms with E-state index < -0.39 is 0 Å². The third-order valence-corrected chi connectivity index (χ3v) is 3.04. The van der Waals surface area contributed by atoms with Crippen LogP contribution in [0.1, 0.15) is 53.0 Å². The molecule has 0 saturated heterocycles. The van der Waals surface area contributed by atoms with Gasteiger partial charge in [-0.1, -0.05) is 41.5 Å². The molecule has 0 aliphatic rings. The first-order valence-electron chi connectivity index (χ1n) is 5.04. The zero-order valence-electron chi connectivity index (χ0n) is 9.72. The molecule has 1 atom stereocenters. The molecule has 0 fully saturated rings. The Hall–Kier alpha value is -0.300. The fourth-order valence-electron chi connectivity index (χ4n) is 1.02. The Bertz CT molecular complexity index is 204. The number of hydrogen-bond donors (Lipinski definition) is 0. The van der Waals surface area contributed by atoms with E-state index in [1.54, 1.807) is 11.3 Å². The average molecular weight is 198 g/mol. The monoisotopic (exact) mass is 198 g/mol. The second-order valence-corrected chi connectivity index (χ2v) is 4.92. The van der Waals surface area contributed by atoms with Gasteiger partial charge in [0.1, 0.15) is 0 Å². The summed E-state index contributed by atoms with van der Waals surface area (Å²) in [6.45, 7) is 13.2. The molecule has 0 saturated carbocycles. The smallest absolute Gasteiger partial charge is 0.00583 e. The molecule has 1 heterocycles. The van der Waals surface area contributed by atoms with Gasteiger partial charge in [-0.15, -0.1) is 0 Å². The Morgan fingerprint density at radius 3 is 2.08 bits per heavy atom. The largest absolute Gasteiger partial charge is 0.152 e. The zero-order valence-corrected chi connectivity index (χ0v) is 10.5. The van der Waals surface area contributed by atoms with Crippen molar-refractivity contribution in [3.63, 3.8) is 0 Å². The second kappa shape index (κ2) is 5.43. The zero-order chi connectivity index (χ0) is 10.5. The maximum Gasteiger partial charge on any atom is -0.00583 e. The highest BCUT2D eigenvalue weighted by Gasteiger charge is 2.21. The summed E-state index contributed by atoms with van der Waals surface area (Å²) in [5, 5.41) is 4.40. The van der Waals surface area contributed by atoms with E-state index in [-0.39, 0.29) is 0 Å². The van der Waals surface area contributed by atoms with Crippen LogP contribution in [-0.4, -0.2) is 0 Å². The molecule has 1 unspecified atom stereocenters. The standard InChI is InChI=1S/C10H16S.C2H6/c1-8(10(2,3)4)9-5-6-11-7-9;1-2/h5-8H,1-4H3;1-2H3. The summed E-state index contributed by atoms with van der Waals surface area (Å²) in [6.07, 6.45) is 0. The Kier molecular flexibility index (Phi) is 5.31. The molecule has 13 heavy (non-hydrogen) atoms. The minimum absolute atomic E-state index is 0.390. The minimum atomic E-state index is 0.390. The molecule has 1 aromatic rings. The van der Waals surface area contributed by atoms with Crippen molar-refractivity contribution in [3.8, 4) is 0 Å². The van der Waals surface area contributed by atoms with E-state index in [0.717, 1.165) is 0 Å². The Labute approximate surface area is 87.0 Å². The number of hydrogen-bond acceptors (Lipinski definition) is 1. The van der Waals surface area contributed by atoms with Crippen LogP contribution in [0, 0.1) is 5.41 Å². The van der Waals surface area contributed by atoms with Crippen molar-refractivity contribution in [1.29, 1.82) is 0 Å². The summed E-state index contributed by atoms with van der Waals surface area (Å²) in [7, 11) is 0. The Morgan fingerprint density at radius 1 is 1.23 bits per heavy atom. The summed E-state index contributed by atoms with van der Waals surface area (Å²) in [5.74, 6) is 0.661. The predicted molar refractivity (Wildman–Crippen MR) is 63.5 cm³/mol. The van der Waals surface area contributed by atoms with Crippen LogP contribution in [0.4, 0.5) is 0 Å². The summed E-state index contributed by atoms with van der Waals surface area (Å²) in [5.41, 5.74) is 1.86. The molecule has 0 radical (unpaired) electrons. The molecule has 0 aromatic carbocycles. The lowest BCUT2D eigenvalue weighted by Gasteiger charge is -2.26. The van der Waals surface area contributed by atoms with Gasteiger partial charge in [-0.05, 0) is 33.7 Å². The number of rotatable bonds is 1. The van der Waals surface area contributed by atoms with E-state index in [2.05, 4.69) is 44.5 Å². The molecule has 0 nitrogen and oxygen atoms in total. The van der Waals surface area contributed by atoms with Gasteiger partial charge < -0.3 is 0 Å². The Morgan fingerprint density at radius 2 is 1.77 bits per heavy atom. The first-order valence-corrected chi connectivity index (χ1v) is 5.98. The van der Waals surface area contributed by atoms with Gasteiger partial charge in [0.05, 0.1) is 0 Å². The quantitative estimate of drug-likeness (QED) is 0.600. The highest BCUT2D eigenvalue weighted by atomic mass is 32.1. The molecule has 0 aliphatic heterocycles. The Balaban J connectivity index is 0.000000671. The maximum absolute atomic E-state index is 2.29. The van der Waals surface area contributed by atoms with Crippen LogP contribution >= 0.6 is 11.3 Å². The van der Waals surface area contributed by atoms with E-state index >= 15 is 0 Å². The van der Waals surface area contributed by atoms with Gasteiger partial charge in [0.25, 0.3) is 0 Å². The maximum atomic E-state index is 2.29. The second-order valence-electron chi connectivity index (χ2n) is 4.14. The normalized spacial score (nSPS) is 13.1. The van der Waals surface area contributed by atoms with Gasteiger partial charge in [0.2, 0.25) is 0 Å². The van der Waals surface area contributed by atoms with Crippen LogP contribution in [0.25, 0.3) is 0 Å². The van der Waals surface area contributed by atoms with Crippen LogP contribution in [0.3, 0.4) is 0 Å². The van der Waals surface area contributed by atoms with Gasteiger partial charge in [0, 0.05) is 0 Å². The summed E-state index contributed by atoms with van der Waals surface area (Å²) >= 11 is 1.78. The first-order chi connectivity index (χ1) is 6.02. The van der Waals surface area contributed by atoms with Gasteiger partial charge >= 0.3 is 0 Å². The first kappa shape index (κ1) is 12.7. The van der Waals surface area contributed by atoms with Crippen LogP contribution < -0.4 is 0 Å². The van der Waals surface area contributed by atoms with Crippen LogP contribution in [0.15, 0.2) is 16.8 Å². The highest BCUT2D eigenvalue weighted by molar-refractivity contribution is 7.07. The van der Waals surface area contributed by atoms with E-state index in [1.807, 2.05) is 13.8 Å². The van der Waals surface area contributed by atoms with Crippen LogP contribution in [0.2, 0.25) is 0 Å². The van der Waals surface area contributed by atoms with Gasteiger partial charge in [0.15, 0.2) is 0 Å². The van der Waals surface area contributed by atoms with Crippen LogP contribution in [-0.2, 0) is 0 Å². The molecule has 0 amide bonds. The molecule has 1 rings (SSSR count). The molecular formula is C12H22S. The summed E-state index contributed by atoms with van der Waals surface area (Å²) < 4.78 is 0. The van der Waals surface area contributed by atoms with Gasteiger partial charge in [-0.25, -0.2) is 0 Å². The van der Waals surface area contributed by atoms with Crippen molar-refractivity contribution in [2.24, 2.45) is 5.41 Å². The van der Waals surface area contributed by atoms with E-state index in [9.17, 15) is 0 Å². The predicted octanol–water partition coefficient (Wildman–Crippen LogP) is 4.92. The molecular weight excluding hydrogens is 176 g/mol. The van der Waals surface area contributed by atoms with E-state index in [1.165, 1.54) is 5.56 Å². The molecule has 1 heteroatoms. The average Bonchev–Trinajstić information content (AvgIpc) is 2.57. The van der Waals surface area contributed by atoms with Crippen molar-refractivity contribution in [1.82, 2.24) is 0 Å². The van der Waals surface area contributed by atoms with E-state index in [0.29, 0.717) is 11.3 Å². The fraction of sp³-hybridized carbons (Fsp3) is 0.667. The van der Waals surface area contributed by atoms with Crippen LogP contribution in [0.5, 0.6) is 0 Å². The fourth-order valence-corrected chi connectivity index (χ4v) is 1.78. The summed E-state index contributed by atoms with van der Waals surface area (Å²) in [4.78, 5) is 0. The third kappa shape index (κ3) is 3.95. The SMILES string of the molecule is CC.CC(c1ccsc1)C(C)(C)C. The lowest BCUT2D eigenvalue weighted by Crippen LogP contribution is -2.14. The molecule has 0 spiro atoms. The molecule has 0 aliphatic carbocycles. The van der Waals surface area contributed by atoms with Crippen molar-refractivity contribution < 1.29 is 0 Å². The minimum Gasteiger partial charge on any atom is -0.152 e. The van der Waals surface area contributed by atoms with Crippen molar-refractivity contribution in [2.75, 3.05) is 0 Å². The number of thiophene rings is 1. The van der Waals surface area contributed by atoms with E-state index in [4.69, 9.17) is 0 Å². The molecule has 1 aromatic heterocycles. The van der Waals surface area contributed by atoms with Gasteiger partial charge in [-0.2, -0.15) is 11.3 Å². The van der Waals surface area contributed by atoms with Crippen molar-refractivity contribution in [3.05, 3.63) is 22.4 Å². The van der Waals surface area contributed by atoms with Gasteiger partial charge in [-0.3, -0.25) is 0 Å². The highest BCUT2D eigenvalue weighted by Crippen LogP contribution is 2.34. The molecule has 0 N–H and O–H groups in total.